The van der Waals surface area contributed by atoms with Crippen molar-refractivity contribution in [1.82, 2.24) is 15.5 Å². The molecule has 0 unspecified atom stereocenters. The molecule has 0 saturated carbocycles. The number of rotatable bonds is 5. The first kappa shape index (κ1) is 10.3. The second-order valence-corrected chi connectivity index (χ2v) is 3.42. The van der Waals surface area contributed by atoms with Crippen LogP contribution in [0.1, 0.15) is 12.6 Å². The number of aromatic nitrogens is 2. The van der Waals surface area contributed by atoms with Crippen molar-refractivity contribution in [2.75, 3.05) is 19.8 Å². The van der Waals surface area contributed by atoms with Crippen LogP contribution in [-0.4, -0.2) is 36.1 Å². The molecule has 1 aromatic heterocycles. The molecule has 0 radical (unpaired) electrons. The first-order valence-electron chi connectivity index (χ1n) is 5.16. The zero-order valence-electron chi connectivity index (χ0n) is 8.77. The molecule has 1 fully saturated rings. The van der Waals surface area contributed by atoms with Crippen molar-refractivity contribution in [3.8, 4) is 5.88 Å². The van der Waals surface area contributed by atoms with Gasteiger partial charge in [-0.2, -0.15) is 5.10 Å². The zero-order chi connectivity index (χ0) is 10.5. The normalized spacial score (nSPS) is 16.1. The summed E-state index contributed by atoms with van der Waals surface area (Å²) in [5, 5.41) is 11.2. The van der Waals surface area contributed by atoms with Gasteiger partial charge in [0.25, 0.3) is 0 Å². The molecule has 5 heteroatoms. The lowest BCUT2D eigenvalue weighted by Gasteiger charge is -2.25. The highest BCUT2D eigenvalue weighted by molar-refractivity contribution is 5.12. The summed E-state index contributed by atoms with van der Waals surface area (Å²) in [6, 6.07) is 3.77. The van der Waals surface area contributed by atoms with Crippen molar-refractivity contribution in [1.29, 1.82) is 0 Å². The Bertz CT molecular complexity index is 298. The molecule has 1 N–H and O–H groups in total. The van der Waals surface area contributed by atoms with Crippen LogP contribution in [0.25, 0.3) is 0 Å². The van der Waals surface area contributed by atoms with E-state index in [-0.39, 0.29) is 6.10 Å². The minimum absolute atomic E-state index is 0.152. The van der Waals surface area contributed by atoms with Crippen LogP contribution in [0.4, 0.5) is 0 Å². The molecule has 1 aliphatic heterocycles. The van der Waals surface area contributed by atoms with E-state index >= 15 is 0 Å². The van der Waals surface area contributed by atoms with E-state index in [2.05, 4.69) is 22.4 Å². The number of hydrogen-bond acceptors (Lipinski definition) is 5. The number of nitrogens with one attached hydrogen (secondary N) is 1. The summed E-state index contributed by atoms with van der Waals surface area (Å²) in [6.07, 6.45) is 0.152. The predicted octanol–water partition coefficient (Wildman–Crippen LogP) is 0.364. The summed E-state index contributed by atoms with van der Waals surface area (Å²) in [6.45, 7) is 5.04. The highest BCUT2D eigenvalue weighted by Gasteiger charge is 2.20. The minimum atomic E-state index is 0.152. The smallest absolute Gasteiger partial charge is 0.233 e. The molecule has 1 saturated heterocycles. The highest BCUT2D eigenvalue weighted by Crippen LogP contribution is 2.11. The first-order chi connectivity index (χ1) is 7.38. The van der Waals surface area contributed by atoms with Gasteiger partial charge in [0.05, 0.1) is 18.9 Å². The van der Waals surface area contributed by atoms with Crippen molar-refractivity contribution >= 4 is 0 Å². The topological polar surface area (TPSA) is 56.3 Å². The SMILES string of the molecule is CCNCc1ccc(OC2COC2)nn1. The van der Waals surface area contributed by atoms with Gasteiger partial charge in [-0.3, -0.25) is 0 Å². The van der Waals surface area contributed by atoms with E-state index in [1.807, 2.05) is 12.1 Å². The van der Waals surface area contributed by atoms with E-state index in [9.17, 15) is 0 Å². The van der Waals surface area contributed by atoms with Gasteiger partial charge in [-0.05, 0) is 12.6 Å². The van der Waals surface area contributed by atoms with Crippen LogP contribution in [0.15, 0.2) is 12.1 Å². The van der Waals surface area contributed by atoms with E-state index in [0.29, 0.717) is 19.1 Å². The van der Waals surface area contributed by atoms with Gasteiger partial charge in [-0.1, -0.05) is 6.92 Å². The van der Waals surface area contributed by atoms with E-state index in [4.69, 9.17) is 9.47 Å². The second kappa shape index (κ2) is 5.04. The van der Waals surface area contributed by atoms with Crippen LogP contribution in [-0.2, 0) is 11.3 Å². The lowest BCUT2D eigenvalue weighted by atomic mass is 10.3. The Labute approximate surface area is 88.8 Å². The van der Waals surface area contributed by atoms with E-state index in [1.165, 1.54) is 0 Å². The van der Waals surface area contributed by atoms with E-state index in [1.54, 1.807) is 0 Å². The molecule has 1 aliphatic rings. The third-order valence-corrected chi connectivity index (χ3v) is 2.15. The average Bonchev–Trinajstić information content (AvgIpc) is 2.22. The Balaban J connectivity index is 1.85. The van der Waals surface area contributed by atoms with E-state index in [0.717, 1.165) is 18.8 Å². The third-order valence-electron chi connectivity index (χ3n) is 2.15. The fraction of sp³-hybridized carbons (Fsp3) is 0.600. The average molecular weight is 209 g/mol. The largest absolute Gasteiger partial charge is 0.468 e. The van der Waals surface area contributed by atoms with E-state index < -0.39 is 0 Å². The van der Waals surface area contributed by atoms with Crippen molar-refractivity contribution in [2.24, 2.45) is 0 Å². The quantitative estimate of drug-likeness (QED) is 0.759. The van der Waals surface area contributed by atoms with Gasteiger partial charge in [-0.25, -0.2) is 0 Å². The number of nitrogens with zero attached hydrogens (tertiary/aromatic N) is 2. The van der Waals surface area contributed by atoms with Crippen LogP contribution in [0.5, 0.6) is 5.88 Å². The molecule has 1 aromatic rings. The second-order valence-electron chi connectivity index (χ2n) is 3.42. The van der Waals surface area contributed by atoms with Gasteiger partial charge in [-0.15, -0.1) is 5.10 Å². The van der Waals surface area contributed by atoms with Crippen molar-refractivity contribution in [3.05, 3.63) is 17.8 Å². The summed E-state index contributed by atoms with van der Waals surface area (Å²) in [5.41, 5.74) is 0.925. The van der Waals surface area contributed by atoms with Crippen molar-refractivity contribution < 1.29 is 9.47 Å². The molecule has 2 heterocycles. The molecule has 5 nitrogen and oxygen atoms in total. The van der Waals surface area contributed by atoms with Crippen LogP contribution in [0.3, 0.4) is 0 Å². The van der Waals surface area contributed by atoms with Crippen LogP contribution in [0, 0.1) is 0 Å². The molecule has 82 valence electrons. The lowest BCUT2D eigenvalue weighted by Crippen LogP contribution is -2.38. The van der Waals surface area contributed by atoms with Gasteiger partial charge in [0.15, 0.2) is 0 Å². The molecule has 0 spiro atoms. The summed E-state index contributed by atoms with van der Waals surface area (Å²) in [4.78, 5) is 0. The fourth-order valence-electron chi connectivity index (χ4n) is 1.21. The third kappa shape index (κ3) is 2.87. The Hall–Kier alpha value is -1.20. The van der Waals surface area contributed by atoms with Crippen molar-refractivity contribution in [3.63, 3.8) is 0 Å². The summed E-state index contributed by atoms with van der Waals surface area (Å²) >= 11 is 0. The van der Waals surface area contributed by atoms with Gasteiger partial charge in [0, 0.05) is 12.6 Å². The maximum absolute atomic E-state index is 5.49. The molecular formula is C10H15N3O2. The zero-order valence-corrected chi connectivity index (χ0v) is 8.77. The van der Waals surface area contributed by atoms with Gasteiger partial charge in [0.1, 0.15) is 6.10 Å². The van der Waals surface area contributed by atoms with Crippen LogP contribution in [0.2, 0.25) is 0 Å². The molecule has 0 aliphatic carbocycles. The molecule has 0 atom stereocenters. The van der Waals surface area contributed by atoms with Crippen molar-refractivity contribution in [2.45, 2.75) is 19.6 Å². The van der Waals surface area contributed by atoms with Gasteiger partial charge >= 0.3 is 0 Å². The van der Waals surface area contributed by atoms with Crippen LogP contribution < -0.4 is 10.1 Å². The first-order valence-corrected chi connectivity index (χ1v) is 5.16. The van der Waals surface area contributed by atoms with Crippen LogP contribution >= 0.6 is 0 Å². The number of hydrogen-bond donors (Lipinski definition) is 1. The maximum atomic E-state index is 5.49. The number of ether oxygens (including phenoxy) is 2. The molecule has 2 rings (SSSR count). The fourth-order valence-corrected chi connectivity index (χ4v) is 1.21. The molecule has 15 heavy (non-hydrogen) atoms. The predicted molar refractivity (Wildman–Crippen MR) is 54.6 cm³/mol. The summed E-state index contributed by atoms with van der Waals surface area (Å²) in [7, 11) is 0. The minimum Gasteiger partial charge on any atom is -0.468 e. The molecule has 0 amide bonds. The monoisotopic (exact) mass is 209 g/mol. The van der Waals surface area contributed by atoms with Gasteiger partial charge < -0.3 is 14.8 Å². The molecule has 0 bridgehead atoms. The highest BCUT2D eigenvalue weighted by atomic mass is 16.6. The van der Waals surface area contributed by atoms with Gasteiger partial charge in [0.2, 0.25) is 5.88 Å². The Morgan fingerprint density at radius 1 is 1.47 bits per heavy atom. The molecule has 0 aromatic carbocycles. The maximum Gasteiger partial charge on any atom is 0.233 e. The Morgan fingerprint density at radius 2 is 2.33 bits per heavy atom. The summed E-state index contributed by atoms with van der Waals surface area (Å²) in [5.74, 6) is 0.573. The Morgan fingerprint density at radius 3 is 2.87 bits per heavy atom. The standard InChI is InChI=1S/C10H15N3O2/c1-2-11-5-8-3-4-10(13-12-8)15-9-6-14-7-9/h3-4,9,11H,2,5-7H2,1H3. The summed E-state index contributed by atoms with van der Waals surface area (Å²) < 4.78 is 10.5. The lowest BCUT2D eigenvalue weighted by molar-refractivity contribution is -0.0816. The molecular weight excluding hydrogens is 194 g/mol. The Kier molecular flexibility index (Phi) is 3.47.